The molecule has 2 rings (SSSR count). The lowest BCUT2D eigenvalue weighted by Gasteiger charge is -2.01. The lowest BCUT2D eigenvalue weighted by Crippen LogP contribution is -2.03. The van der Waals surface area contributed by atoms with Gasteiger partial charge in [-0.25, -0.2) is 0 Å². The summed E-state index contributed by atoms with van der Waals surface area (Å²) in [6, 6.07) is 3.67. The number of nitrogens with zero attached hydrogens (tertiary/aromatic N) is 1. The van der Waals surface area contributed by atoms with Crippen LogP contribution in [0.15, 0.2) is 24.5 Å². The minimum atomic E-state index is 0.322. The van der Waals surface area contributed by atoms with Crippen molar-refractivity contribution in [1.29, 1.82) is 0 Å². The van der Waals surface area contributed by atoms with Gasteiger partial charge in [-0.2, -0.15) is 0 Å². The van der Waals surface area contributed by atoms with Crippen LogP contribution in [0.4, 0.5) is 0 Å². The second kappa shape index (κ2) is 2.88. The Bertz CT molecular complexity index is 221. The molecule has 1 aliphatic rings. The molecule has 0 aromatic carbocycles. The molecular formula is C8H9NO2. The molecule has 0 amide bonds. The van der Waals surface area contributed by atoms with Crippen LogP contribution < -0.4 is 4.74 Å². The molecule has 1 fully saturated rings. The van der Waals surface area contributed by atoms with Gasteiger partial charge in [0.2, 0.25) is 0 Å². The van der Waals surface area contributed by atoms with E-state index in [1.165, 1.54) is 0 Å². The second-order valence-electron chi connectivity index (χ2n) is 2.45. The molecule has 0 N–H and O–H groups in total. The minimum absolute atomic E-state index is 0.322. The van der Waals surface area contributed by atoms with Crippen LogP contribution in [0.5, 0.6) is 5.75 Å². The Morgan fingerprint density at radius 1 is 1.55 bits per heavy atom. The molecule has 1 aromatic rings. The first-order valence-electron chi connectivity index (χ1n) is 3.59. The fraction of sp³-hybridized carbons (Fsp3) is 0.375. The van der Waals surface area contributed by atoms with Crippen LogP contribution in [0.3, 0.4) is 0 Å². The number of aromatic nitrogens is 1. The molecule has 0 spiro atoms. The molecule has 3 nitrogen and oxygen atoms in total. The van der Waals surface area contributed by atoms with Crippen LogP contribution in [0.2, 0.25) is 0 Å². The van der Waals surface area contributed by atoms with Crippen molar-refractivity contribution in [3.63, 3.8) is 0 Å². The number of epoxide rings is 1. The summed E-state index contributed by atoms with van der Waals surface area (Å²) in [7, 11) is 0. The van der Waals surface area contributed by atoms with Crippen molar-refractivity contribution in [2.24, 2.45) is 0 Å². The largest absolute Gasteiger partial charge is 0.491 e. The van der Waals surface area contributed by atoms with Crippen molar-refractivity contribution in [3.8, 4) is 5.75 Å². The Morgan fingerprint density at radius 3 is 2.91 bits per heavy atom. The molecule has 0 saturated carbocycles. The number of hydrogen-bond acceptors (Lipinski definition) is 3. The van der Waals surface area contributed by atoms with Crippen LogP contribution in [-0.2, 0) is 4.74 Å². The summed E-state index contributed by atoms with van der Waals surface area (Å²) in [4.78, 5) is 3.88. The molecule has 3 heteroatoms. The predicted octanol–water partition coefficient (Wildman–Crippen LogP) is 0.859. The van der Waals surface area contributed by atoms with Gasteiger partial charge in [0.15, 0.2) is 0 Å². The highest BCUT2D eigenvalue weighted by Gasteiger charge is 2.22. The Kier molecular flexibility index (Phi) is 1.73. The second-order valence-corrected chi connectivity index (χ2v) is 2.45. The number of hydrogen-bond donors (Lipinski definition) is 0. The first-order chi connectivity index (χ1) is 5.45. The molecule has 1 saturated heterocycles. The molecule has 1 aliphatic heterocycles. The average Bonchev–Trinajstić information content (AvgIpc) is 2.86. The zero-order valence-corrected chi connectivity index (χ0v) is 6.06. The molecule has 0 aliphatic carbocycles. The predicted molar refractivity (Wildman–Crippen MR) is 39.5 cm³/mol. The van der Waals surface area contributed by atoms with E-state index in [-0.39, 0.29) is 0 Å². The fourth-order valence-corrected chi connectivity index (χ4v) is 0.788. The Hall–Kier alpha value is -1.09. The quantitative estimate of drug-likeness (QED) is 0.601. The Balaban J connectivity index is 1.85. The maximum absolute atomic E-state index is 5.36. The van der Waals surface area contributed by atoms with Crippen LogP contribution in [0.25, 0.3) is 0 Å². The van der Waals surface area contributed by atoms with Gasteiger partial charge in [-0.15, -0.1) is 0 Å². The van der Waals surface area contributed by atoms with E-state index in [1.807, 2.05) is 12.1 Å². The highest BCUT2D eigenvalue weighted by atomic mass is 16.6. The van der Waals surface area contributed by atoms with E-state index in [9.17, 15) is 0 Å². The van der Waals surface area contributed by atoms with Crippen LogP contribution in [0, 0.1) is 0 Å². The maximum atomic E-state index is 5.36. The molecule has 11 heavy (non-hydrogen) atoms. The molecule has 2 heterocycles. The van der Waals surface area contributed by atoms with Crippen LogP contribution in [-0.4, -0.2) is 24.3 Å². The van der Waals surface area contributed by atoms with Crippen molar-refractivity contribution in [2.75, 3.05) is 13.2 Å². The van der Waals surface area contributed by atoms with Crippen molar-refractivity contribution in [3.05, 3.63) is 24.5 Å². The number of ether oxygens (including phenoxy) is 2. The van der Waals surface area contributed by atoms with Crippen LogP contribution in [0.1, 0.15) is 0 Å². The SMILES string of the molecule is c1cc(OCC2CO2)ccn1. The standard InChI is InChI=1S/C8H9NO2/c1-3-9-4-2-7(1)10-5-8-6-11-8/h1-4,8H,5-6H2. The molecule has 0 radical (unpaired) electrons. The topological polar surface area (TPSA) is 34.6 Å². The van der Waals surface area contributed by atoms with Gasteiger partial charge in [-0.05, 0) is 12.1 Å². The maximum Gasteiger partial charge on any atom is 0.122 e. The number of pyridine rings is 1. The zero-order chi connectivity index (χ0) is 7.52. The highest BCUT2D eigenvalue weighted by Crippen LogP contribution is 2.12. The van der Waals surface area contributed by atoms with Gasteiger partial charge in [0.05, 0.1) is 6.61 Å². The van der Waals surface area contributed by atoms with E-state index in [0.29, 0.717) is 12.7 Å². The van der Waals surface area contributed by atoms with Gasteiger partial charge in [-0.1, -0.05) is 0 Å². The molecule has 1 atom stereocenters. The van der Waals surface area contributed by atoms with Crippen molar-refractivity contribution < 1.29 is 9.47 Å². The normalized spacial score (nSPS) is 21.3. The van der Waals surface area contributed by atoms with Gasteiger partial charge in [0.1, 0.15) is 18.5 Å². The van der Waals surface area contributed by atoms with E-state index < -0.39 is 0 Å². The van der Waals surface area contributed by atoms with Gasteiger partial charge in [0, 0.05) is 12.4 Å². The minimum Gasteiger partial charge on any atom is -0.491 e. The highest BCUT2D eigenvalue weighted by molar-refractivity contribution is 5.16. The third-order valence-electron chi connectivity index (χ3n) is 1.49. The lowest BCUT2D eigenvalue weighted by atomic mass is 10.4. The van der Waals surface area contributed by atoms with Gasteiger partial charge in [-0.3, -0.25) is 4.98 Å². The van der Waals surface area contributed by atoms with E-state index in [4.69, 9.17) is 9.47 Å². The number of rotatable bonds is 3. The molecule has 0 bridgehead atoms. The van der Waals surface area contributed by atoms with Crippen molar-refractivity contribution in [2.45, 2.75) is 6.10 Å². The summed E-state index contributed by atoms with van der Waals surface area (Å²) in [6.07, 6.45) is 3.75. The Labute approximate surface area is 65.0 Å². The summed E-state index contributed by atoms with van der Waals surface area (Å²) >= 11 is 0. The van der Waals surface area contributed by atoms with E-state index in [0.717, 1.165) is 12.4 Å². The van der Waals surface area contributed by atoms with E-state index in [2.05, 4.69) is 4.98 Å². The van der Waals surface area contributed by atoms with Crippen LogP contribution >= 0.6 is 0 Å². The van der Waals surface area contributed by atoms with Crippen molar-refractivity contribution >= 4 is 0 Å². The van der Waals surface area contributed by atoms with E-state index in [1.54, 1.807) is 12.4 Å². The fourth-order valence-electron chi connectivity index (χ4n) is 0.788. The smallest absolute Gasteiger partial charge is 0.122 e. The zero-order valence-electron chi connectivity index (χ0n) is 6.06. The van der Waals surface area contributed by atoms with E-state index >= 15 is 0 Å². The van der Waals surface area contributed by atoms with Gasteiger partial charge in [0.25, 0.3) is 0 Å². The average molecular weight is 151 g/mol. The summed E-state index contributed by atoms with van der Waals surface area (Å²) in [5.41, 5.74) is 0. The molecule has 1 unspecified atom stereocenters. The third-order valence-corrected chi connectivity index (χ3v) is 1.49. The molecule has 1 aromatic heterocycles. The van der Waals surface area contributed by atoms with Gasteiger partial charge >= 0.3 is 0 Å². The van der Waals surface area contributed by atoms with Gasteiger partial charge < -0.3 is 9.47 Å². The monoisotopic (exact) mass is 151 g/mol. The Morgan fingerprint density at radius 2 is 2.27 bits per heavy atom. The summed E-state index contributed by atoms with van der Waals surface area (Å²) in [6.45, 7) is 1.50. The molecular weight excluding hydrogens is 142 g/mol. The first-order valence-corrected chi connectivity index (χ1v) is 3.59. The summed E-state index contributed by atoms with van der Waals surface area (Å²) < 4.78 is 10.4. The van der Waals surface area contributed by atoms with Crippen molar-refractivity contribution in [1.82, 2.24) is 4.98 Å². The summed E-state index contributed by atoms with van der Waals surface area (Å²) in [5, 5.41) is 0. The summed E-state index contributed by atoms with van der Waals surface area (Å²) in [5.74, 6) is 0.857. The molecule has 58 valence electrons. The lowest BCUT2D eigenvalue weighted by molar-refractivity contribution is 0.263. The third kappa shape index (κ3) is 1.91. The first kappa shape index (κ1) is 6.61.